The molecule has 3 fully saturated rings. The zero-order valence-corrected chi connectivity index (χ0v) is 32.2. The standard InChI is InChI=1S/C39H50N6O7S/c1-23(2)30-14-18-45(42-30)33-21-32(27-12-13-31(51-6)24(3)34(27)40-33)52-26-19-28-29(20-26)36(47)44(5)17-10-8-7-9-11-25-22-39(25,41-35(28)46)37(48)43-53(49,50)38(4)15-16-38/h9,11-14,18,21,23,25-26,28-29H,7-8,10,15-17,19-20,22H2,1-6H3,(H,41,46)(H,43,48)/b11-9-/t25-,26+,28+,29+,39+/m0/s1. The maximum atomic E-state index is 14.3. The van der Waals surface area contributed by atoms with Gasteiger partial charge in [-0.25, -0.2) is 18.1 Å². The molecule has 53 heavy (non-hydrogen) atoms. The molecule has 2 aromatic heterocycles. The van der Waals surface area contributed by atoms with E-state index in [-0.39, 0.29) is 37.0 Å². The second kappa shape index (κ2) is 13.7. The average Bonchev–Trinajstić information content (AvgIpc) is 3.89. The first-order valence-electron chi connectivity index (χ1n) is 18.7. The van der Waals surface area contributed by atoms with Gasteiger partial charge in [-0.05, 0) is 89.3 Å². The van der Waals surface area contributed by atoms with Crippen molar-refractivity contribution in [2.45, 2.75) is 101 Å². The topological polar surface area (TPSA) is 162 Å². The summed E-state index contributed by atoms with van der Waals surface area (Å²) in [6.45, 7) is 8.25. The number of sulfonamides is 1. The number of benzene rings is 1. The summed E-state index contributed by atoms with van der Waals surface area (Å²) < 4.78 is 41.6. The number of carbonyl (C=O) groups excluding carboxylic acids is 3. The molecule has 3 aliphatic carbocycles. The summed E-state index contributed by atoms with van der Waals surface area (Å²) in [5.74, 6) is -1.22. The number of ether oxygens (including phenoxy) is 2. The molecule has 1 aliphatic heterocycles. The van der Waals surface area contributed by atoms with Gasteiger partial charge in [0.15, 0.2) is 5.82 Å². The van der Waals surface area contributed by atoms with Crippen LogP contribution in [0, 0.1) is 24.7 Å². The van der Waals surface area contributed by atoms with Gasteiger partial charge < -0.3 is 19.7 Å². The van der Waals surface area contributed by atoms with Gasteiger partial charge in [0.1, 0.15) is 23.1 Å². The Bertz CT molecular complexity index is 2090. The molecule has 3 amide bonds. The van der Waals surface area contributed by atoms with Crippen molar-refractivity contribution in [2.75, 3.05) is 20.7 Å². The number of amides is 3. The van der Waals surface area contributed by atoms with Crippen molar-refractivity contribution in [1.82, 2.24) is 29.7 Å². The molecular formula is C39H50N6O7S. The van der Waals surface area contributed by atoms with E-state index in [4.69, 9.17) is 19.6 Å². The van der Waals surface area contributed by atoms with Crippen LogP contribution in [-0.4, -0.2) is 82.9 Å². The van der Waals surface area contributed by atoms with Gasteiger partial charge in [-0.3, -0.25) is 19.1 Å². The highest BCUT2D eigenvalue weighted by molar-refractivity contribution is 7.91. The van der Waals surface area contributed by atoms with E-state index in [1.54, 1.807) is 30.7 Å². The van der Waals surface area contributed by atoms with Crippen LogP contribution in [0.15, 0.2) is 42.6 Å². The summed E-state index contributed by atoms with van der Waals surface area (Å²) in [5.41, 5.74) is 1.01. The number of nitrogens with zero attached hydrogens (tertiary/aromatic N) is 4. The fourth-order valence-corrected chi connectivity index (χ4v) is 9.06. The number of aryl methyl sites for hydroxylation is 1. The van der Waals surface area contributed by atoms with Crippen LogP contribution < -0.4 is 19.5 Å². The number of aromatic nitrogens is 3. The molecule has 13 nitrogen and oxygen atoms in total. The van der Waals surface area contributed by atoms with Crippen LogP contribution >= 0.6 is 0 Å². The molecule has 2 N–H and O–H groups in total. The number of fused-ring (bicyclic) bond motifs is 3. The lowest BCUT2D eigenvalue weighted by Crippen LogP contribution is -2.55. The van der Waals surface area contributed by atoms with Gasteiger partial charge in [0.05, 0.1) is 34.9 Å². The summed E-state index contributed by atoms with van der Waals surface area (Å²) in [7, 11) is -0.557. The molecule has 0 bridgehead atoms. The molecule has 14 heteroatoms. The van der Waals surface area contributed by atoms with E-state index >= 15 is 0 Å². The third-order valence-corrected chi connectivity index (χ3v) is 13.9. The van der Waals surface area contributed by atoms with Crippen molar-refractivity contribution in [2.24, 2.45) is 17.8 Å². The van der Waals surface area contributed by atoms with Crippen LogP contribution in [0.25, 0.3) is 16.7 Å². The summed E-state index contributed by atoms with van der Waals surface area (Å²) in [6.07, 6.45) is 9.33. The smallest absolute Gasteiger partial charge is 0.259 e. The lowest BCUT2D eigenvalue weighted by atomic mass is 9.93. The minimum absolute atomic E-state index is 0.155. The summed E-state index contributed by atoms with van der Waals surface area (Å²) in [4.78, 5) is 48.8. The molecule has 0 radical (unpaired) electrons. The van der Waals surface area contributed by atoms with E-state index in [1.807, 2.05) is 49.5 Å². The molecular weight excluding hydrogens is 697 g/mol. The predicted molar refractivity (Wildman–Crippen MR) is 199 cm³/mol. The fourth-order valence-electron chi connectivity index (χ4n) is 7.75. The third kappa shape index (κ3) is 6.90. The largest absolute Gasteiger partial charge is 0.496 e. The van der Waals surface area contributed by atoms with Gasteiger partial charge in [-0.2, -0.15) is 5.10 Å². The first kappa shape index (κ1) is 36.9. The van der Waals surface area contributed by atoms with Gasteiger partial charge in [-0.1, -0.05) is 26.0 Å². The number of pyridine rings is 1. The molecule has 284 valence electrons. The molecule has 5 atom stereocenters. The lowest BCUT2D eigenvalue weighted by molar-refractivity contribution is -0.140. The van der Waals surface area contributed by atoms with E-state index in [9.17, 15) is 22.8 Å². The monoisotopic (exact) mass is 746 g/mol. The quantitative estimate of drug-likeness (QED) is 0.311. The predicted octanol–water partition coefficient (Wildman–Crippen LogP) is 4.71. The van der Waals surface area contributed by atoms with Crippen molar-refractivity contribution < 1.29 is 32.3 Å². The summed E-state index contributed by atoms with van der Waals surface area (Å²) in [6, 6.07) is 7.55. The molecule has 0 saturated heterocycles. The van der Waals surface area contributed by atoms with E-state index < -0.39 is 50.1 Å². The molecule has 7 rings (SSSR count). The average molecular weight is 747 g/mol. The highest BCUT2D eigenvalue weighted by Crippen LogP contribution is 2.48. The first-order chi connectivity index (χ1) is 25.2. The first-order valence-corrected chi connectivity index (χ1v) is 20.2. The minimum atomic E-state index is -3.93. The Balaban J connectivity index is 1.21. The second-order valence-corrected chi connectivity index (χ2v) is 18.1. The van der Waals surface area contributed by atoms with Crippen LogP contribution in [0.1, 0.15) is 89.3 Å². The molecule has 3 heterocycles. The Morgan fingerprint density at radius 1 is 1.09 bits per heavy atom. The van der Waals surface area contributed by atoms with E-state index in [0.717, 1.165) is 35.9 Å². The number of hydrogen-bond donors (Lipinski definition) is 2. The van der Waals surface area contributed by atoms with E-state index in [0.29, 0.717) is 42.2 Å². The van der Waals surface area contributed by atoms with Crippen molar-refractivity contribution in [3.63, 3.8) is 0 Å². The van der Waals surface area contributed by atoms with Crippen molar-refractivity contribution in [3.8, 4) is 17.3 Å². The lowest BCUT2D eigenvalue weighted by Gasteiger charge is -2.27. The van der Waals surface area contributed by atoms with Gasteiger partial charge in [0.2, 0.25) is 21.8 Å². The zero-order valence-electron chi connectivity index (χ0n) is 31.3. The Morgan fingerprint density at radius 2 is 1.85 bits per heavy atom. The Kier molecular flexibility index (Phi) is 9.57. The molecule has 1 aromatic carbocycles. The van der Waals surface area contributed by atoms with Crippen LogP contribution in [0.2, 0.25) is 0 Å². The van der Waals surface area contributed by atoms with Crippen LogP contribution in [-0.2, 0) is 24.4 Å². The van der Waals surface area contributed by atoms with E-state index in [2.05, 4.69) is 23.9 Å². The SMILES string of the molecule is COc1ccc2c(O[C@@H]3C[C@H]4C(=O)N[C@]5(C(=O)NS(=O)(=O)C6(C)CC6)C[C@@H]5/C=C\CCCCN(C)C(=O)[C@@H]4C3)cc(-n3ccc(C(C)C)n3)nc2c1C. The molecule has 0 unspecified atom stereocenters. The summed E-state index contributed by atoms with van der Waals surface area (Å²) >= 11 is 0. The molecule has 4 aliphatic rings. The maximum Gasteiger partial charge on any atom is 0.259 e. The van der Waals surface area contributed by atoms with Crippen LogP contribution in [0.5, 0.6) is 11.5 Å². The number of nitrogens with one attached hydrogen (secondary N) is 2. The normalized spacial score (nSPS) is 27.7. The second-order valence-electron chi connectivity index (χ2n) is 15.9. The Morgan fingerprint density at radius 3 is 2.55 bits per heavy atom. The number of hydrogen-bond acceptors (Lipinski definition) is 9. The number of methoxy groups -OCH3 is 1. The van der Waals surface area contributed by atoms with Crippen LogP contribution in [0.4, 0.5) is 0 Å². The Labute approximate surface area is 310 Å². The fraction of sp³-hybridized carbons (Fsp3) is 0.564. The zero-order chi connectivity index (χ0) is 37.9. The maximum absolute atomic E-state index is 14.3. The van der Waals surface area contributed by atoms with Crippen LogP contribution in [0.3, 0.4) is 0 Å². The van der Waals surface area contributed by atoms with Crippen molar-refractivity contribution >= 4 is 38.6 Å². The van der Waals surface area contributed by atoms with E-state index in [1.165, 1.54) is 0 Å². The molecule has 3 saturated carbocycles. The third-order valence-electron chi connectivity index (χ3n) is 11.7. The summed E-state index contributed by atoms with van der Waals surface area (Å²) in [5, 5.41) is 8.47. The van der Waals surface area contributed by atoms with Gasteiger partial charge >= 0.3 is 0 Å². The van der Waals surface area contributed by atoms with Gasteiger partial charge in [-0.15, -0.1) is 0 Å². The van der Waals surface area contributed by atoms with Crippen molar-refractivity contribution in [3.05, 3.63) is 53.9 Å². The molecule has 0 spiro atoms. The number of carbonyl (C=O) groups is 3. The van der Waals surface area contributed by atoms with Gasteiger partial charge in [0, 0.05) is 42.7 Å². The highest BCUT2D eigenvalue weighted by atomic mass is 32.2. The molecule has 3 aromatic rings. The minimum Gasteiger partial charge on any atom is -0.496 e. The highest BCUT2D eigenvalue weighted by Gasteiger charge is 2.63. The number of allylic oxidation sites excluding steroid dienone is 1. The number of rotatable bonds is 8. The van der Waals surface area contributed by atoms with Crippen molar-refractivity contribution in [1.29, 1.82) is 0 Å². The Hall–Kier alpha value is -4.46. The van der Waals surface area contributed by atoms with Gasteiger partial charge in [0.25, 0.3) is 5.91 Å².